The second-order valence-electron chi connectivity index (χ2n) is 12.9. The van der Waals surface area contributed by atoms with Crippen molar-refractivity contribution in [3.63, 3.8) is 0 Å². The fraction of sp³-hybridized carbons (Fsp3) is 0.556. The van der Waals surface area contributed by atoms with Crippen LogP contribution in [0.4, 0.5) is 9.59 Å². The van der Waals surface area contributed by atoms with Gasteiger partial charge >= 0.3 is 12.2 Å². The molecule has 2 saturated heterocycles. The first-order chi connectivity index (χ1) is 23.3. The fourth-order valence-electron chi connectivity index (χ4n) is 6.62. The standard InChI is InChI=1S/C36H50N6O6/c37-17-15-27-7-11-29(12-8-27)33(43)39-19-23-41(24-20-39)35(45)47-31-3-1-4-32(6-2-5-31)48-36(46)42-25-21-40(22-26-42)34(44)30-13-9-28(10-14-30)16-18-38/h7-14,31-32H,1-6,15-26,37-38H2. The lowest BCUT2D eigenvalue weighted by Crippen LogP contribution is -2.51. The number of hydrogen-bond acceptors (Lipinski definition) is 8. The van der Waals surface area contributed by atoms with Crippen molar-refractivity contribution < 1.29 is 28.7 Å². The minimum atomic E-state index is -0.331. The van der Waals surface area contributed by atoms with E-state index in [1.807, 2.05) is 48.5 Å². The van der Waals surface area contributed by atoms with Gasteiger partial charge in [-0.25, -0.2) is 9.59 Å². The van der Waals surface area contributed by atoms with E-state index in [9.17, 15) is 19.2 Å². The van der Waals surface area contributed by atoms with Crippen LogP contribution in [0.5, 0.6) is 0 Å². The van der Waals surface area contributed by atoms with Crippen LogP contribution in [-0.4, -0.2) is 121 Å². The Balaban J connectivity index is 0.981. The number of benzene rings is 2. The molecule has 0 unspecified atom stereocenters. The SMILES string of the molecule is NCCc1ccc(C(=O)N2CCN(C(=O)OC3CCCC(OC(=O)N4CCN(C(=O)c5ccc(CCN)cc5)CC4)CCC3)CC2)cc1. The summed E-state index contributed by atoms with van der Waals surface area (Å²) in [5, 5.41) is 0. The summed E-state index contributed by atoms with van der Waals surface area (Å²) in [5.74, 6) is -0.0638. The maximum absolute atomic E-state index is 13.0. The Hall–Kier alpha value is -4.16. The van der Waals surface area contributed by atoms with Crippen molar-refractivity contribution >= 4 is 24.0 Å². The number of carbonyl (C=O) groups is 4. The first-order valence-electron chi connectivity index (χ1n) is 17.4. The van der Waals surface area contributed by atoms with E-state index in [1.54, 1.807) is 19.6 Å². The molecule has 12 heteroatoms. The lowest BCUT2D eigenvalue weighted by molar-refractivity contribution is 0.0165. The van der Waals surface area contributed by atoms with Crippen LogP contribution in [0.1, 0.15) is 70.4 Å². The molecular formula is C36H50N6O6. The van der Waals surface area contributed by atoms with Crippen LogP contribution in [0, 0.1) is 0 Å². The van der Waals surface area contributed by atoms with E-state index < -0.39 is 0 Å². The Labute approximate surface area is 283 Å². The van der Waals surface area contributed by atoms with Crippen LogP contribution in [0.2, 0.25) is 0 Å². The lowest BCUT2D eigenvalue weighted by Gasteiger charge is -2.36. The van der Waals surface area contributed by atoms with Gasteiger partial charge < -0.3 is 40.5 Å². The number of nitrogens with two attached hydrogens (primary N) is 2. The van der Waals surface area contributed by atoms with Crippen molar-refractivity contribution in [3.8, 4) is 0 Å². The molecular weight excluding hydrogens is 612 g/mol. The summed E-state index contributed by atoms with van der Waals surface area (Å²) >= 11 is 0. The van der Waals surface area contributed by atoms with E-state index in [2.05, 4.69) is 0 Å². The molecule has 1 saturated carbocycles. The molecule has 2 aliphatic heterocycles. The summed E-state index contributed by atoms with van der Waals surface area (Å²) in [6.45, 7) is 4.74. The first-order valence-corrected chi connectivity index (χ1v) is 17.4. The van der Waals surface area contributed by atoms with Gasteiger partial charge in [0.1, 0.15) is 12.2 Å². The lowest BCUT2D eigenvalue weighted by atomic mass is 9.96. The normalized spacial score (nSPS) is 20.5. The second-order valence-corrected chi connectivity index (χ2v) is 12.9. The van der Waals surface area contributed by atoms with Crippen LogP contribution in [-0.2, 0) is 22.3 Å². The van der Waals surface area contributed by atoms with Gasteiger partial charge in [-0.15, -0.1) is 0 Å². The van der Waals surface area contributed by atoms with Crippen molar-refractivity contribution in [2.75, 3.05) is 65.4 Å². The largest absolute Gasteiger partial charge is 0.446 e. The average molecular weight is 663 g/mol. The minimum Gasteiger partial charge on any atom is -0.446 e. The molecule has 0 radical (unpaired) electrons. The smallest absolute Gasteiger partial charge is 0.410 e. The van der Waals surface area contributed by atoms with Crippen molar-refractivity contribution in [1.29, 1.82) is 0 Å². The predicted molar refractivity (Wildman–Crippen MR) is 182 cm³/mol. The summed E-state index contributed by atoms with van der Waals surface area (Å²) < 4.78 is 11.8. The van der Waals surface area contributed by atoms with E-state index in [0.717, 1.165) is 36.8 Å². The van der Waals surface area contributed by atoms with Crippen molar-refractivity contribution in [3.05, 3.63) is 70.8 Å². The number of piperazine rings is 2. The molecule has 48 heavy (non-hydrogen) atoms. The predicted octanol–water partition coefficient (Wildman–Crippen LogP) is 3.27. The molecule has 4 N–H and O–H groups in total. The van der Waals surface area contributed by atoms with Gasteiger partial charge in [0, 0.05) is 63.5 Å². The molecule has 2 aromatic carbocycles. The Morgan fingerprint density at radius 1 is 0.521 bits per heavy atom. The van der Waals surface area contributed by atoms with Crippen LogP contribution in [0.3, 0.4) is 0 Å². The molecule has 4 amide bonds. The quantitative estimate of drug-likeness (QED) is 0.437. The average Bonchev–Trinajstić information content (AvgIpc) is 3.10. The highest BCUT2D eigenvalue weighted by molar-refractivity contribution is 5.95. The van der Waals surface area contributed by atoms with E-state index in [-0.39, 0.29) is 36.2 Å². The summed E-state index contributed by atoms with van der Waals surface area (Å²) in [6, 6.07) is 15.1. The highest BCUT2D eigenvalue weighted by Crippen LogP contribution is 2.24. The Kier molecular flexibility index (Phi) is 12.7. The first kappa shape index (κ1) is 35.2. The molecule has 2 aromatic rings. The van der Waals surface area contributed by atoms with Crippen molar-refractivity contribution in [1.82, 2.24) is 19.6 Å². The molecule has 3 aliphatic rings. The van der Waals surface area contributed by atoms with E-state index >= 15 is 0 Å². The zero-order chi connectivity index (χ0) is 33.9. The number of hydrogen-bond donors (Lipinski definition) is 2. The van der Waals surface area contributed by atoms with Gasteiger partial charge in [0.25, 0.3) is 11.8 Å². The number of ether oxygens (including phenoxy) is 2. The second kappa shape index (κ2) is 17.3. The van der Waals surface area contributed by atoms with Crippen LogP contribution < -0.4 is 11.5 Å². The van der Waals surface area contributed by atoms with Crippen molar-refractivity contribution in [2.45, 2.75) is 63.6 Å². The Morgan fingerprint density at radius 3 is 1.15 bits per heavy atom. The molecule has 0 aromatic heterocycles. The topological polar surface area (TPSA) is 152 Å². The Morgan fingerprint density at radius 2 is 0.833 bits per heavy atom. The molecule has 3 fully saturated rings. The maximum Gasteiger partial charge on any atom is 0.410 e. The van der Waals surface area contributed by atoms with E-state index in [0.29, 0.717) is 102 Å². The summed E-state index contributed by atoms with van der Waals surface area (Å²) in [4.78, 5) is 58.7. The molecule has 5 rings (SSSR count). The Bertz CT molecular complexity index is 1260. The van der Waals surface area contributed by atoms with E-state index in [4.69, 9.17) is 20.9 Å². The minimum absolute atomic E-state index is 0.0319. The third-order valence-corrected chi connectivity index (χ3v) is 9.56. The molecule has 260 valence electrons. The number of nitrogens with zero attached hydrogens (tertiary/aromatic N) is 4. The molecule has 0 bridgehead atoms. The van der Waals surface area contributed by atoms with Crippen LogP contribution in [0.25, 0.3) is 0 Å². The molecule has 12 nitrogen and oxygen atoms in total. The summed E-state index contributed by atoms with van der Waals surface area (Å²) in [5.41, 5.74) is 14.7. The third kappa shape index (κ3) is 9.47. The van der Waals surface area contributed by atoms with Gasteiger partial charge in [-0.05, 0) is 99.8 Å². The maximum atomic E-state index is 13.0. The van der Waals surface area contributed by atoms with E-state index in [1.165, 1.54) is 0 Å². The zero-order valence-corrected chi connectivity index (χ0v) is 27.9. The van der Waals surface area contributed by atoms with Crippen molar-refractivity contribution in [2.24, 2.45) is 11.5 Å². The fourth-order valence-corrected chi connectivity index (χ4v) is 6.62. The molecule has 0 spiro atoms. The van der Waals surface area contributed by atoms with Gasteiger partial charge in [-0.1, -0.05) is 24.3 Å². The van der Waals surface area contributed by atoms with Crippen LogP contribution >= 0.6 is 0 Å². The third-order valence-electron chi connectivity index (χ3n) is 9.56. The van der Waals surface area contributed by atoms with Gasteiger partial charge in [-0.3, -0.25) is 9.59 Å². The number of amides is 4. The van der Waals surface area contributed by atoms with Gasteiger partial charge in [0.05, 0.1) is 0 Å². The number of rotatable bonds is 8. The van der Waals surface area contributed by atoms with Gasteiger partial charge in [0.2, 0.25) is 0 Å². The highest BCUT2D eigenvalue weighted by atomic mass is 16.6. The molecule has 2 heterocycles. The van der Waals surface area contributed by atoms with Gasteiger partial charge in [0.15, 0.2) is 0 Å². The number of carbonyl (C=O) groups excluding carboxylic acids is 4. The molecule has 0 atom stereocenters. The zero-order valence-electron chi connectivity index (χ0n) is 27.9. The molecule has 1 aliphatic carbocycles. The monoisotopic (exact) mass is 662 g/mol. The highest BCUT2D eigenvalue weighted by Gasteiger charge is 2.30. The summed E-state index contributed by atoms with van der Waals surface area (Å²) in [7, 11) is 0. The van der Waals surface area contributed by atoms with Crippen LogP contribution in [0.15, 0.2) is 48.5 Å². The van der Waals surface area contributed by atoms with Gasteiger partial charge in [-0.2, -0.15) is 0 Å². The summed E-state index contributed by atoms with van der Waals surface area (Å²) in [6.07, 6.45) is 4.97.